The van der Waals surface area contributed by atoms with Crippen molar-refractivity contribution in [2.24, 2.45) is 5.73 Å². The van der Waals surface area contributed by atoms with E-state index in [9.17, 15) is 4.79 Å². The summed E-state index contributed by atoms with van der Waals surface area (Å²) in [7, 11) is 1.61. The van der Waals surface area contributed by atoms with E-state index in [1.807, 2.05) is 28.8 Å². The largest absolute Gasteiger partial charge is 1.00 e. The van der Waals surface area contributed by atoms with Gasteiger partial charge in [0, 0.05) is 11.1 Å². The zero-order valence-electron chi connectivity index (χ0n) is 12.3. The maximum Gasteiger partial charge on any atom is 0.276 e. The van der Waals surface area contributed by atoms with Gasteiger partial charge in [-0.15, -0.1) is 0 Å². The van der Waals surface area contributed by atoms with E-state index in [0.29, 0.717) is 17.9 Å². The van der Waals surface area contributed by atoms with Crippen molar-refractivity contribution in [2.75, 3.05) is 13.7 Å². The molecule has 0 aromatic heterocycles. The Hall–Kier alpha value is -2.14. The first-order chi connectivity index (χ1) is 10.2. The number of rotatable bonds is 4. The lowest BCUT2D eigenvalue weighted by atomic mass is 10.1. The van der Waals surface area contributed by atoms with E-state index in [2.05, 4.69) is 0 Å². The first-order valence-electron chi connectivity index (χ1n) is 6.82. The summed E-state index contributed by atoms with van der Waals surface area (Å²) in [6.07, 6.45) is 0. The second kappa shape index (κ2) is 6.75. The van der Waals surface area contributed by atoms with Gasteiger partial charge in [-0.3, -0.25) is 10.5 Å². The van der Waals surface area contributed by atoms with Crippen LogP contribution >= 0.6 is 0 Å². The molecule has 2 aromatic carbocycles. The third-order valence-corrected chi connectivity index (χ3v) is 3.74. The Labute approximate surface area is 140 Å². The van der Waals surface area contributed by atoms with Crippen LogP contribution in [-0.4, -0.2) is 29.8 Å². The Morgan fingerprint density at radius 3 is 2.50 bits per heavy atom. The predicted octanol–water partition coefficient (Wildman–Crippen LogP) is -1.19. The Balaban J connectivity index is 0.00000176. The molecule has 1 aliphatic rings. The van der Waals surface area contributed by atoms with Crippen LogP contribution in [0, 0.1) is 0 Å². The highest BCUT2D eigenvalue weighted by molar-refractivity contribution is 6.00. The number of halogens is 1. The molecule has 0 atom stereocenters. The fourth-order valence-electron chi connectivity index (χ4n) is 2.55. The fourth-order valence-corrected chi connectivity index (χ4v) is 2.55. The SMILES string of the molecule is COc1ccc(C(=O)C[N+]2=C(N)c3ccccc3C2)cc1.[Br-]. The standard InChI is InChI=1S/C17H16N2O2.BrH/c1-21-14-8-6-12(7-9-14)16(20)11-19-10-13-4-2-3-5-15(13)17(19)18;/h2-9,18H,10-11H2,1H3;1H. The van der Waals surface area contributed by atoms with Crippen LogP contribution < -0.4 is 27.5 Å². The molecule has 2 N–H and O–H groups in total. The first-order valence-corrected chi connectivity index (χ1v) is 6.82. The Morgan fingerprint density at radius 2 is 1.86 bits per heavy atom. The summed E-state index contributed by atoms with van der Waals surface area (Å²) >= 11 is 0. The lowest BCUT2D eigenvalue weighted by Gasteiger charge is -2.04. The molecule has 0 saturated carbocycles. The second-order valence-electron chi connectivity index (χ2n) is 5.05. The minimum atomic E-state index is 0. The molecule has 22 heavy (non-hydrogen) atoms. The molecule has 1 aliphatic heterocycles. The predicted molar refractivity (Wildman–Crippen MR) is 80.9 cm³/mol. The van der Waals surface area contributed by atoms with Gasteiger partial charge in [-0.2, -0.15) is 0 Å². The summed E-state index contributed by atoms with van der Waals surface area (Å²) in [5.41, 5.74) is 8.99. The molecule has 0 aliphatic carbocycles. The van der Waals surface area contributed by atoms with Crippen LogP contribution in [0.3, 0.4) is 0 Å². The average Bonchev–Trinajstić information content (AvgIpc) is 2.84. The van der Waals surface area contributed by atoms with Gasteiger partial charge >= 0.3 is 0 Å². The van der Waals surface area contributed by atoms with Crippen LogP contribution in [0.5, 0.6) is 5.75 Å². The number of nitrogens with zero attached hydrogens (tertiary/aromatic N) is 1. The summed E-state index contributed by atoms with van der Waals surface area (Å²) in [4.78, 5) is 12.3. The quantitative estimate of drug-likeness (QED) is 0.551. The molecule has 0 amide bonds. The molecule has 114 valence electrons. The van der Waals surface area contributed by atoms with Crippen molar-refractivity contribution in [3.05, 3.63) is 65.2 Å². The molecule has 5 heteroatoms. The van der Waals surface area contributed by atoms with Crippen molar-refractivity contribution in [3.8, 4) is 5.75 Å². The molecule has 0 fully saturated rings. The fraction of sp³-hybridized carbons (Fsp3) is 0.176. The van der Waals surface area contributed by atoms with Crippen LogP contribution in [0.15, 0.2) is 48.5 Å². The van der Waals surface area contributed by atoms with Gasteiger partial charge in [0.2, 0.25) is 5.78 Å². The average molecular weight is 361 g/mol. The van der Waals surface area contributed by atoms with Crippen molar-refractivity contribution in [2.45, 2.75) is 6.54 Å². The van der Waals surface area contributed by atoms with E-state index in [4.69, 9.17) is 10.5 Å². The van der Waals surface area contributed by atoms with E-state index in [1.165, 1.54) is 0 Å². The number of methoxy groups -OCH3 is 1. The normalized spacial score (nSPS) is 12.6. The van der Waals surface area contributed by atoms with Crippen molar-refractivity contribution >= 4 is 11.6 Å². The number of hydrogen-bond acceptors (Lipinski definition) is 3. The van der Waals surface area contributed by atoms with Gasteiger partial charge in [0.05, 0.1) is 12.7 Å². The zero-order valence-corrected chi connectivity index (χ0v) is 13.8. The smallest absolute Gasteiger partial charge is 0.276 e. The number of benzene rings is 2. The Bertz CT molecular complexity index is 724. The monoisotopic (exact) mass is 360 g/mol. The summed E-state index contributed by atoms with van der Waals surface area (Å²) in [5.74, 6) is 1.46. The van der Waals surface area contributed by atoms with Crippen LogP contribution in [0.1, 0.15) is 21.5 Å². The number of ketones is 1. The number of hydrogen-bond donors (Lipinski definition) is 1. The van der Waals surface area contributed by atoms with Crippen molar-refractivity contribution in [1.82, 2.24) is 0 Å². The van der Waals surface area contributed by atoms with Gasteiger partial charge < -0.3 is 21.7 Å². The maximum atomic E-state index is 12.3. The number of carbonyl (C=O) groups is 1. The van der Waals surface area contributed by atoms with Gasteiger partial charge in [-0.05, 0) is 30.3 Å². The highest BCUT2D eigenvalue weighted by Crippen LogP contribution is 2.17. The van der Waals surface area contributed by atoms with Gasteiger partial charge in [0.15, 0.2) is 0 Å². The molecular weight excluding hydrogens is 344 g/mol. The number of carbonyl (C=O) groups excluding carboxylic acids is 1. The van der Waals surface area contributed by atoms with Crippen molar-refractivity contribution in [1.29, 1.82) is 0 Å². The highest BCUT2D eigenvalue weighted by Gasteiger charge is 2.25. The van der Waals surface area contributed by atoms with Crippen molar-refractivity contribution < 1.29 is 31.1 Å². The third kappa shape index (κ3) is 3.04. The summed E-state index contributed by atoms with van der Waals surface area (Å²) < 4.78 is 7.01. The Morgan fingerprint density at radius 1 is 1.18 bits per heavy atom. The van der Waals surface area contributed by atoms with E-state index in [-0.39, 0.29) is 29.3 Å². The third-order valence-electron chi connectivity index (χ3n) is 3.74. The summed E-state index contributed by atoms with van der Waals surface area (Å²) in [6.45, 7) is 0.969. The number of ether oxygens (including phenoxy) is 1. The van der Waals surface area contributed by atoms with Crippen molar-refractivity contribution in [3.63, 3.8) is 0 Å². The molecule has 3 rings (SSSR count). The first kappa shape index (κ1) is 16.2. The van der Waals surface area contributed by atoms with Gasteiger partial charge in [-0.25, -0.2) is 4.58 Å². The van der Waals surface area contributed by atoms with Crippen LogP contribution in [0.4, 0.5) is 0 Å². The Kier molecular flexibility index (Phi) is 4.98. The summed E-state index contributed by atoms with van der Waals surface area (Å²) in [5, 5.41) is 0. The molecule has 0 saturated heterocycles. The van der Waals surface area contributed by atoms with Crippen LogP contribution in [0.2, 0.25) is 0 Å². The number of nitrogens with two attached hydrogens (primary N) is 1. The second-order valence-corrected chi connectivity index (χ2v) is 5.05. The van der Waals surface area contributed by atoms with E-state index >= 15 is 0 Å². The number of amidine groups is 1. The minimum Gasteiger partial charge on any atom is -1.00 e. The molecule has 0 spiro atoms. The molecular formula is C17H17BrN2O2. The van der Waals surface area contributed by atoms with Crippen LogP contribution in [-0.2, 0) is 6.54 Å². The number of Topliss-reactive ketones (excluding diaryl/α,β-unsaturated/α-hetero) is 1. The van der Waals surface area contributed by atoms with Gasteiger partial charge in [-0.1, -0.05) is 18.2 Å². The molecule has 4 nitrogen and oxygen atoms in total. The molecule has 1 heterocycles. The topological polar surface area (TPSA) is 55.3 Å². The van der Waals surface area contributed by atoms with Gasteiger partial charge in [0.1, 0.15) is 18.8 Å². The zero-order chi connectivity index (χ0) is 14.8. The molecule has 0 radical (unpaired) electrons. The van der Waals surface area contributed by atoms with E-state index in [1.54, 1.807) is 31.4 Å². The molecule has 2 aromatic rings. The minimum absolute atomic E-state index is 0. The molecule has 0 unspecified atom stereocenters. The lowest BCUT2D eigenvalue weighted by molar-refractivity contribution is -0.526. The lowest BCUT2D eigenvalue weighted by Crippen LogP contribution is -3.00. The van der Waals surface area contributed by atoms with E-state index < -0.39 is 0 Å². The molecule has 0 bridgehead atoms. The number of fused-ring (bicyclic) bond motifs is 1. The van der Waals surface area contributed by atoms with Crippen LogP contribution in [0.25, 0.3) is 0 Å². The highest BCUT2D eigenvalue weighted by atomic mass is 79.9. The van der Waals surface area contributed by atoms with Gasteiger partial charge in [0.25, 0.3) is 5.84 Å². The van der Waals surface area contributed by atoms with E-state index in [0.717, 1.165) is 16.9 Å². The maximum absolute atomic E-state index is 12.3. The summed E-state index contributed by atoms with van der Waals surface area (Å²) in [6, 6.07) is 15.1.